The minimum Gasteiger partial charge on any atom is -0.471 e. The van der Waals surface area contributed by atoms with Crippen molar-refractivity contribution in [3.05, 3.63) is 94.0 Å². The van der Waals surface area contributed by atoms with Gasteiger partial charge in [0, 0.05) is 23.1 Å². The van der Waals surface area contributed by atoms with Crippen molar-refractivity contribution in [2.24, 2.45) is 0 Å². The topological polar surface area (TPSA) is 74.0 Å². The highest BCUT2D eigenvalue weighted by Gasteiger charge is 2.11. The minimum absolute atomic E-state index is 0.177. The monoisotopic (exact) mass is 455 g/mol. The average Bonchev–Trinajstić information content (AvgIpc) is 3.38. The number of nitrogens with zero attached hydrogens (tertiary/aromatic N) is 4. The van der Waals surface area contributed by atoms with Crippen LogP contribution in [0.1, 0.15) is 21.6 Å². The van der Waals surface area contributed by atoms with E-state index in [1.807, 2.05) is 37.3 Å². The van der Waals surface area contributed by atoms with Crippen molar-refractivity contribution < 1.29 is 9.53 Å². The Morgan fingerprint density at radius 3 is 2.77 bits per heavy atom. The van der Waals surface area contributed by atoms with Gasteiger partial charge in [-0.25, -0.2) is 4.68 Å². The molecule has 9 heteroatoms. The highest BCUT2D eigenvalue weighted by atomic mass is 35.5. The lowest BCUT2D eigenvalue weighted by Crippen LogP contribution is -2.14. The number of amides is 1. The lowest BCUT2D eigenvalue weighted by molar-refractivity contribution is 0.102. The summed E-state index contributed by atoms with van der Waals surface area (Å²) in [4.78, 5) is 12.6. The van der Waals surface area contributed by atoms with E-state index < -0.39 is 0 Å². The summed E-state index contributed by atoms with van der Waals surface area (Å²) in [7, 11) is 0. The Hall–Kier alpha value is -3.29. The number of aromatic nitrogens is 4. The molecule has 4 rings (SSSR count). The summed E-state index contributed by atoms with van der Waals surface area (Å²) in [6, 6.07) is 14.6. The van der Waals surface area contributed by atoms with Crippen LogP contribution >= 0.6 is 23.2 Å². The number of aryl methyl sites for hydroxylation is 1. The molecule has 2 heterocycles. The fraction of sp³-hybridized carbons (Fsp3) is 0.136. The second kappa shape index (κ2) is 9.24. The molecule has 31 heavy (non-hydrogen) atoms. The first kappa shape index (κ1) is 21.0. The van der Waals surface area contributed by atoms with E-state index in [1.165, 1.54) is 0 Å². The van der Waals surface area contributed by atoms with Crippen molar-refractivity contribution in [3.8, 4) is 5.75 Å². The first-order chi connectivity index (χ1) is 15.0. The Morgan fingerprint density at radius 1 is 1.13 bits per heavy atom. The number of hydrogen-bond acceptors (Lipinski definition) is 4. The molecule has 0 fully saturated rings. The number of rotatable bonds is 7. The molecule has 158 valence electrons. The maximum Gasteiger partial charge on any atom is 0.276 e. The molecule has 0 aliphatic heterocycles. The number of benzene rings is 2. The van der Waals surface area contributed by atoms with Gasteiger partial charge in [0.15, 0.2) is 12.4 Å². The van der Waals surface area contributed by atoms with Gasteiger partial charge < -0.3 is 10.1 Å². The van der Waals surface area contributed by atoms with Crippen LogP contribution < -0.4 is 10.1 Å². The number of halogens is 2. The van der Waals surface area contributed by atoms with Crippen LogP contribution in [-0.2, 0) is 13.3 Å². The molecule has 0 spiro atoms. The molecule has 0 bridgehead atoms. The molecule has 0 saturated heterocycles. The SMILES string of the molecule is Cc1cc(OCn2ccc(C(=O)Nc3cccc(Cn4cc(Cl)cn4)c3)n2)ccc1Cl. The fourth-order valence-corrected chi connectivity index (χ4v) is 3.23. The molecule has 7 nitrogen and oxygen atoms in total. The predicted molar refractivity (Wildman–Crippen MR) is 120 cm³/mol. The second-order valence-corrected chi connectivity index (χ2v) is 7.78. The third-order valence-corrected chi connectivity index (χ3v) is 5.12. The summed E-state index contributed by atoms with van der Waals surface area (Å²) in [5, 5.41) is 12.6. The lowest BCUT2D eigenvalue weighted by Gasteiger charge is -2.08. The molecular formula is C22H19Cl2N5O2. The molecule has 4 aromatic rings. The van der Waals surface area contributed by atoms with Crippen LogP contribution in [0.3, 0.4) is 0 Å². The third kappa shape index (κ3) is 5.45. The molecule has 1 N–H and O–H groups in total. The predicted octanol–water partition coefficient (Wildman–Crippen LogP) is 5.03. The number of nitrogens with one attached hydrogen (secondary N) is 1. The molecule has 0 unspecified atom stereocenters. The van der Waals surface area contributed by atoms with Gasteiger partial charge in [-0.3, -0.25) is 9.48 Å². The van der Waals surface area contributed by atoms with Crippen molar-refractivity contribution in [2.45, 2.75) is 20.2 Å². The molecule has 0 aliphatic carbocycles. The number of ether oxygens (including phenoxy) is 1. The summed E-state index contributed by atoms with van der Waals surface area (Å²) < 4.78 is 8.99. The first-order valence-corrected chi connectivity index (χ1v) is 10.2. The van der Waals surface area contributed by atoms with E-state index in [9.17, 15) is 4.79 Å². The number of anilines is 1. The van der Waals surface area contributed by atoms with Crippen molar-refractivity contribution in [2.75, 3.05) is 5.32 Å². The molecule has 0 radical (unpaired) electrons. The number of carbonyl (C=O) groups is 1. The standard InChI is InChI=1S/C22H19Cl2N5O2/c1-15-9-19(5-6-20(15)24)31-14-28-8-7-21(27-28)22(30)26-18-4-2-3-16(10-18)12-29-13-17(23)11-25-29/h2-11,13H,12,14H2,1H3,(H,26,30). The molecule has 0 aliphatic rings. The molecule has 0 atom stereocenters. The van der Waals surface area contributed by atoms with Gasteiger partial charge in [0.1, 0.15) is 5.75 Å². The third-order valence-electron chi connectivity index (χ3n) is 4.50. The number of carbonyl (C=O) groups excluding carboxylic acids is 1. The van der Waals surface area contributed by atoms with Crippen LogP contribution in [0.5, 0.6) is 5.75 Å². The van der Waals surface area contributed by atoms with E-state index >= 15 is 0 Å². The quantitative estimate of drug-likeness (QED) is 0.423. The average molecular weight is 456 g/mol. The van der Waals surface area contributed by atoms with Crippen LogP contribution in [0.15, 0.2) is 67.1 Å². The summed E-state index contributed by atoms with van der Waals surface area (Å²) >= 11 is 11.9. The van der Waals surface area contributed by atoms with Crippen LogP contribution in [0, 0.1) is 6.92 Å². The van der Waals surface area contributed by atoms with Crippen LogP contribution in [0.4, 0.5) is 5.69 Å². The Bertz CT molecular complexity index is 1220. The molecule has 2 aromatic carbocycles. The molecule has 1 amide bonds. The van der Waals surface area contributed by atoms with Crippen molar-refractivity contribution in [1.82, 2.24) is 19.6 Å². The Balaban J connectivity index is 1.36. The van der Waals surface area contributed by atoms with Gasteiger partial charge in [0.2, 0.25) is 0 Å². The summed E-state index contributed by atoms with van der Waals surface area (Å²) in [5.74, 6) is 0.374. The minimum atomic E-state index is -0.305. The van der Waals surface area contributed by atoms with Gasteiger partial charge in [-0.15, -0.1) is 0 Å². The maximum atomic E-state index is 12.6. The fourth-order valence-electron chi connectivity index (χ4n) is 2.96. The van der Waals surface area contributed by atoms with Crippen LogP contribution in [0.2, 0.25) is 10.0 Å². The van der Waals surface area contributed by atoms with E-state index in [0.29, 0.717) is 33.7 Å². The van der Waals surface area contributed by atoms with Gasteiger partial charge in [0.05, 0.1) is 17.8 Å². The Labute approximate surface area is 189 Å². The summed E-state index contributed by atoms with van der Waals surface area (Å²) in [6.45, 7) is 2.63. The zero-order valence-electron chi connectivity index (χ0n) is 16.6. The van der Waals surface area contributed by atoms with Gasteiger partial charge in [-0.05, 0) is 54.4 Å². The van der Waals surface area contributed by atoms with E-state index in [-0.39, 0.29) is 12.6 Å². The first-order valence-electron chi connectivity index (χ1n) is 9.47. The normalized spacial score (nSPS) is 10.8. The molecule has 0 saturated carbocycles. The van der Waals surface area contributed by atoms with Crippen LogP contribution in [-0.4, -0.2) is 25.5 Å². The van der Waals surface area contributed by atoms with Crippen LogP contribution in [0.25, 0.3) is 0 Å². The zero-order chi connectivity index (χ0) is 21.8. The maximum absolute atomic E-state index is 12.6. The Kier molecular flexibility index (Phi) is 6.25. The van der Waals surface area contributed by atoms with E-state index in [4.69, 9.17) is 27.9 Å². The van der Waals surface area contributed by atoms with Gasteiger partial charge in [-0.1, -0.05) is 35.3 Å². The smallest absolute Gasteiger partial charge is 0.276 e. The largest absolute Gasteiger partial charge is 0.471 e. The molecule has 2 aromatic heterocycles. The number of hydrogen-bond donors (Lipinski definition) is 1. The summed E-state index contributed by atoms with van der Waals surface area (Å²) in [6.07, 6.45) is 5.02. The van der Waals surface area contributed by atoms with Crippen molar-refractivity contribution in [1.29, 1.82) is 0 Å². The second-order valence-electron chi connectivity index (χ2n) is 6.94. The van der Waals surface area contributed by atoms with E-state index in [2.05, 4.69) is 15.5 Å². The summed E-state index contributed by atoms with van der Waals surface area (Å²) in [5.41, 5.74) is 2.87. The van der Waals surface area contributed by atoms with Gasteiger partial charge in [-0.2, -0.15) is 10.2 Å². The highest BCUT2D eigenvalue weighted by Crippen LogP contribution is 2.21. The molecular weight excluding hydrogens is 437 g/mol. The van der Waals surface area contributed by atoms with Gasteiger partial charge >= 0.3 is 0 Å². The highest BCUT2D eigenvalue weighted by molar-refractivity contribution is 6.31. The van der Waals surface area contributed by atoms with Gasteiger partial charge in [0.25, 0.3) is 5.91 Å². The Morgan fingerprint density at radius 2 is 2.00 bits per heavy atom. The van der Waals surface area contributed by atoms with E-state index in [0.717, 1.165) is 11.1 Å². The zero-order valence-corrected chi connectivity index (χ0v) is 18.1. The van der Waals surface area contributed by atoms with E-state index in [1.54, 1.807) is 46.2 Å². The van der Waals surface area contributed by atoms with Crippen molar-refractivity contribution in [3.63, 3.8) is 0 Å². The van der Waals surface area contributed by atoms with Crippen molar-refractivity contribution >= 4 is 34.8 Å². The lowest BCUT2D eigenvalue weighted by atomic mass is 10.2.